The normalized spacial score (nSPS) is 18.6. The molecule has 2 aliphatic rings. The van der Waals surface area contributed by atoms with E-state index >= 15 is 0 Å². The van der Waals surface area contributed by atoms with Crippen molar-refractivity contribution >= 4 is 21.8 Å². The molecule has 1 saturated heterocycles. The highest BCUT2D eigenvalue weighted by molar-refractivity contribution is 9.10. The number of amides is 1. The predicted molar refractivity (Wildman–Crippen MR) is 127 cm³/mol. The lowest BCUT2D eigenvalue weighted by atomic mass is 9.93. The van der Waals surface area contributed by atoms with E-state index < -0.39 is 0 Å². The lowest BCUT2D eigenvalue weighted by molar-refractivity contribution is 0.0606. The van der Waals surface area contributed by atoms with Gasteiger partial charge in [-0.2, -0.15) is 0 Å². The zero-order valence-corrected chi connectivity index (χ0v) is 20.1. The first kappa shape index (κ1) is 22.6. The summed E-state index contributed by atoms with van der Waals surface area (Å²) in [6, 6.07) is 13.0. The van der Waals surface area contributed by atoms with Crippen molar-refractivity contribution in [3.63, 3.8) is 0 Å². The summed E-state index contributed by atoms with van der Waals surface area (Å²) in [5.74, 6) is 1.39. The van der Waals surface area contributed by atoms with E-state index in [2.05, 4.69) is 56.9 Å². The second kappa shape index (κ2) is 10.8. The quantitative estimate of drug-likeness (QED) is 0.540. The second-order valence-electron chi connectivity index (χ2n) is 8.82. The van der Waals surface area contributed by atoms with E-state index in [0.717, 1.165) is 56.0 Å². The van der Waals surface area contributed by atoms with E-state index in [-0.39, 0.29) is 5.91 Å². The number of likely N-dealkylation sites (N-methyl/N-ethyl adjacent to an activating group) is 1. The summed E-state index contributed by atoms with van der Waals surface area (Å²) in [7, 11) is 0. The van der Waals surface area contributed by atoms with Crippen molar-refractivity contribution in [2.24, 2.45) is 0 Å². The summed E-state index contributed by atoms with van der Waals surface area (Å²) in [6.45, 7) is 8.31. The highest BCUT2D eigenvalue weighted by Gasteiger charge is 2.26. The number of rotatable bonds is 7. The van der Waals surface area contributed by atoms with Gasteiger partial charge in [-0.3, -0.25) is 9.69 Å². The van der Waals surface area contributed by atoms with Crippen LogP contribution in [-0.2, 0) is 13.1 Å². The van der Waals surface area contributed by atoms with Crippen LogP contribution in [0.1, 0.15) is 60.9 Å². The Balaban J connectivity index is 1.42. The van der Waals surface area contributed by atoms with Crippen LogP contribution in [0.25, 0.3) is 0 Å². The van der Waals surface area contributed by atoms with Gasteiger partial charge in [-0.05, 0) is 49.2 Å². The first-order valence-corrected chi connectivity index (χ1v) is 12.5. The van der Waals surface area contributed by atoms with Crippen LogP contribution in [0.2, 0.25) is 0 Å². The van der Waals surface area contributed by atoms with E-state index in [4.69, 9.17) is 4.42 Å². The monoisotopic (exact) mass is 487 g/mol. The fourth-order valence-corrected chi connectivity index (χ4v) is 5.05. The number of carbonyl (C=O) groups is 1. The molecule has 1 aromatic heterocycles. The minimum atomic E-state index is 0.0270. The number of nitrogens with zero attached hydrogens (tertiary/aromatic N) is 3. The Morgan fingerprint density at radius 3 is 2.39 bits per heavy atom. The Labute approximate surface area is 194 Å². The van der Waals surface area contributed by atoms with Crippen LogP contribution in [-0.4, -0.2) is 59.4 Å². The second-order valence-corrected chi connectivity index (χ2v) is 9.73. The fraction of sp³-hybridized carbons (Fsp3) is 0.560. The molecule has 4 rings (SSSR count). The Kier molecular flexibility index (Phi) is 7.86. The van der Waals surface area contributed by atoms with Crippen molar-refractivity contribution in [3.8, 4) is 0 Å². The van der Waals surface area contributed by atoms with Gasteiger partial charge in [0.05, 0.1) is 6.54 Å². The van der Waals surface area contributed by atoms with Gasteiger partial charge in [0.25, 0.3) is 5.91 Å². The first-order valence-electron chi connectivity index (χ1n) is 11.7. The molecule has 0 N–H and O–H groups in total. The average Bonchev–Trinajstić information content (AvgIpc) is 3.29. The summed E-state index contributed by atoms with van der Waals surface area (Å²) in [5, 5.41) is 0. The summed E-state index contributed by atoms with van der Waals surface area (Å²) >= 11 is 3.53. The van der Waals surface area contributed by atoms with Gasteiger partial charge in [-0.1, -0.05) is 54.2 Å². The van der Waals surface area contributed by atoms with Crippen LogP contribution >= 0.6 is 15.9 Å². The van der Waals surface area contributed by atoms with E-state index in [0.29, 0.717) is 11.8 Å². The molecule has 0 bridgehead atoms. The third kappa shape index (κ3) is 5.99. The molecule has 2 heterocycles. The maximum Gasteiger partial charge on any atom is 0.289 e. The highest BCUT2D eigenvalue weighted by atomic mass is 79.9. The molecule has 1 aliphatic carbocycles. The number of hydrogen-bond acceptors (Lipinski definition) is 4. The number of hydrogen-bond donors (Lipinski definition) is 0. The van der Waals surface area contributed by atoms with Crippen LogP contribution in [0.15, 0.2) is 45.3 Å². The summed E-state index contributed by atoms with van der Waals surface area (Å²) < 4.78 is 7.18. The molecule has 0 unspecified atom stereocenters. The highest BCUT2D eigenvalue weighted by Crippen LogP contribution is 2.27. The largest absolute Gasteiger partial charge is 0.455 e. The van der Waals surface area contributed by atoms with Gasteiger partial charge >= 0.3 is 0 Å². The SMILES string of the molecule is CCN1CCN(C(=O)c2ccc(CN(Cc3ccc(Br)cc3)C3CCCCC3)o2)CC1. The van der Waals surface area contributed by atoms with E-state index in [1.807, 2.05) is 17.0 Å². The van der Waals surface area contributed by atoms with Gasteiger partial charge in [-0.25, -0.2) is 0 Å². The fourth-order valence-electron chi connectivity index (χ4n) is 4.79. The molecule has 2 aromatic rings. The molecule has 1 aromatic carbocycles. The van der Waals surface area contributed by atoms with Gasteiger partial charge in [0.15, 0.2) is 5.76 Å². The van der Waals surface area contributed by atoms with Gasteiger partial charge in [0.2, 0.25) is 0 Å². The zero-order chi connectivity index (χ0) is 21.6. The summed E-state index contributed by atoms with van der Waals surface area (Å²) in [6.07, 6.45) is 6.42. The molecule has 2 fully saturated rings. The minimum absolute atomic E-state index is 0.0270. The van der Waals surface area contributed by atoms with Gasteiger partial charge in [0, 0.05) is 43.2 Å². The number of carbonyl (C=O) groups excluding carboxylic acids is 1. The lowest BCUT2D eigenvalue weighted by Gasteiger charge is -2.34. The van der Waals surface area contributed by atoms with Crippen molar-refractivity contribution in [1.82, 2.24) is 14.7 Å². The maximum atomic E-state index is 12.9. The van der Waals surface area contributed by atoms with Crippen molar-refractivity contribution in [2.75, 3.05) is 32.7 Å². The molecule has 1 aliphatic heterocycles. The number of benzene rings is 1. The first-order chi connectivity index (χ1) is 15.1. The van der Waals surface area contributed by atoms with E-state index in [1.165, 1.54) is 37.7 Å². The topological polar surface area (TPSA) is 39.9 Å². The molecule has 1 saturated carbocycles. The van der Waals surface area contributed by atoms with Crippen molar-refractivity contribution in [3.05, 3.63) is 58.0 Å². The van der Waals surface area contributed by atoms with Crippen molar-refractivity contribution < 1.29 is 9.21 Å². The molecule has 0 radical (unpaired) electrons. The number of halogens is 1. The lowest BCUT2D eigenvalue weighted by Crippen LogP contribution is -2.48. The third-order valence-electron chi connectivity index (χ3n) is 6.73. The molecule has 6 heteroatoms. The van der Waals surface area contributed by atoms with Gasteiger partial charge < -0.3 is 14.2 Å². The summed E-state index contributed by atoms with van der Waals surface area (Å²) in [4.78, 5) is 19.8. The van der Waals surface area contributed by atoms with Crippen molar-refractivity contribution in [1.29, 1.82) is 0 Å². The Bertz CT molecular complexity index is 837. The number of furan rings is 1. The van der Waals surface area contributed by atoms with E-state index in [1.54, 1.807) is 0 Å². The standard InChI is InChI=1S/C25H34BrN3O2/c1-2-27-14-16-28(17-15-27)25(30)24-13-12-23(31-24)19-29(22-6-4-3-5-7-22)18-20-8-10-21(26)11-9-20/h8-13,22H,2-7,14-19H2,1H3. The molecular weight excluding hydrogens is 454 g/mol. The molecule has 31 heavy (non-hydrogen) atoms. The maximum absolute atomic E-state index is 12.9. The van der Waals surface area contributed by atoms with Crippen LogP contribution in [0.5, 0.6) is 0 Å². The van der Waals surface area contributed by atoms with Gasteiger partial charge in [0.1, 0.15) is 5.76 Å². The molecule has 5 nitrogen and oxygen atoms in total. The van der Waals surface area contributed by atoms with E-state index in [9.17, 15) is 4.79 Å². The number of piperazine rings is 1. The Morgan fingerprint density at radius 2 is 1.71 bits per heavy atom. The molecular formula is C25H34BrN3O2. The average molecular weight is 488 g/mol. The Morgan fingerprint density at radius 1 is 1.00 bits per heavy atom. The zero-order valence-electron chi connectivity index (χ0n) is 18.6. The smallest absolute Gasteiger partial charge is 0.289 e. The van der Waals surface area contributed by atoms with Crippen LogP contribution in [0, 0.1) is 0 Å². The molecule has 0 spiro atoms. The third-order valence-corrected chi connectivity index (χ3v) is 7.26. The van der Waals surface area contributed by atoms with Crippen LogP contribution in [0.3, 0.4) is 0 Å². The predicted octanol–water partition coefficient (Wildman–Crippen LogP) is 5.15. The molecule has 0 atom stereocenters. The Hall–Kier alpha value is -1.63. The van der Waals surface area contributed by atoms with Crippen LogP contribution in [0.4, 0.5) is 0 Å². The summed E-state index contributed by atoms with van der Waals surface area (Å²) in [5.41, 5.74) is 1.31. The van der Waals surface area contributed by atoms with Gasteiger partial charge in [-0.15, -0.1) is 0 Å². The van der Waals surface area contributed by atoms with Crippen molar-refractivity contribution in [2.45, 2.75) is 58.2 Å². The molecule has 168 valence electrons. The van der Waals surface area contributed by atoms with Crippen LogP contribution < -0.4 is 0 Å². The minimum Gasteiger partial charge on any atom is -0.455 e. The molecule has 1 amide bonds.